The lowest BCUT2D eigenvalue weighted by molar-refractivity contribution is -0.112. The summed E-state index contributed by atoms with van der Waals surface area (Å²) in [6, 6.07) is 22.2. The molecule has 0 fully saturated rings. The zero-order valence-corrected chi connectivity index (χ0v) is 17.6. The second-order valence-electron chi connectivity index (χ2n) is 6.60. The molecule has 0 saturated heterocycles. The van der Waals surface area contributed by atoms with Gasteiger partial charge in [0.2, 0.25) is 0 Å². The zero-order chi connectivity index (χ0) is 20.4. The summed E-state index contributed by atoms with van der Waals surface area (Å²) >= 11 is 9.32. The molecule has 1 aromatic heterocycles. The lowest BCUT2D eigenvalue weighted by Crippen LogP contribution is -2.22. The highest BCUT2D eigenvalue weighted by Gasteiger charge is 2.21. The number of fused-ring (bicyclic) bond motifs is 1. The lowest BCUT2D eigenvalue weighted by atomic mass is 10.1. The summed E-state index contributed by atoms with van der Waals surface area (Å²) in [4.78, 5) is 25.4. The molecule has 0 saturated carbocycles. The Kier molecular flexibility index (Phi) is 5.51. The highest BCUT2D eigenvalue weighted by molar-refractivity contribution is 9.10. The molecule has 0 spiro atoms. The number of carbonyl (C=O) groups excluding carboxylic acids is 2. The van der Waals surface area contributed by atoms with E-state index >= 15 is 0 Å². The van der Waals surface area contributed by atoms with Crippen LogP contribution < -0.4 is 5.32 Å². The second-order valence-corrected chi connectivity index (χ2v) is 7.96. The Morgan fingerprint density at radius 1 is 0.931 bits per heavy atom. The summed E-state index contributed by atoms with van der Waals surface area (Å²) in [5.41, 5.74) is 2.89. The number of Topliss-reactive ketones (excluding diaryl/α,β-unsaturated/α-hetero) is 1. The third-order valence-electron chi connectivity index (χ3n) is 4.61. The van der Waals surface area contributed by atoms with Crippen molar-refractivity contribution in [3.63, 3.8) is 0 Å². The Morgan fingerprint density at radius 3 is 2.34 bits per heavy atom. The van der Waals surface area contributed by atoms with E-state index in [-0.39, 0.29) is 0 Å². The van der Waals surface area contributed by atoms with E-state index < -0.39 is 11.7 Å². The first kappa shape index (κ1) is 19.4. The highest BCUT2D eigenvalue weighted by Crippen LogP contribution is 2.24. The molecule has 1 heterocycles. The number of anilines is 1. The molecular weight excluding hydrogens is 452 g/mol. The first-order valence-corrected chi connectivity index (χ1v) is 10.1. The van der Waals surface area contributed by atoms with E-state index in [1.165, 1.54) is 0 Å². The molecule has 0 radical (unpaired) electrons. The minimum Gasteiger partial charge on any atom is -0.342 e. The predicted molar refractivity (Wildman–Crippen MR) is 120 cm³/mol. The molecule has 0 aliphatic rings. The molecule has 0 aliphatic heterocycles. The Balaban J connectivity index is 1.64. The SMILES string of the molecule is O=C(Nc1ccc(Br)cc1)C(=O)c1cn(Cc2ccc(Cl)cc2)c2ccccc12. The Morgan fingerprint density at radius 2 is 1.62 bits per heavy atom. The average molecular weight is 468 g/mol. The minimum absolute atomic E-state index is 0.379. The number of carbonyl (C=O) groups is 2. The van der Waals surface area contributed by atoms with Gasteiger partial charge in [0.15, 0.2) is 0 Å². The van der Waals surface area contributed by atoms with Gasteiger partial charge in [-0.05, 0) is 48.0 Å². The van der Waals surface area contributed by atoms with E-state index in [4.69, 9.17) is 11.6 Å². The predicted octanol–water partition coefficient (Wildman–Crippen LogP) is 5.93. The van der Waals surface area contributed by atoms with Gasteiger partial charge in [0.05, 0.1) is 5.56 Å². The zero-order valence-electron chi connectivity index (χ0n) is 15.2. The first-order chi connectivity index (χ1) is 14.0. The molecule has 4 nitrogen and oxygen atoms in total. The summed E-state index contributed by atoms with van der Waals surface area (Å²) in [5, 5.41) is 4.08. The summed E-state index contributed by atoms with van der Waals surface area (Å²) < 4.78 is 2.87. The molecule has 0 atom stereocenters. The molecule has 3 aromatic carbocycles. The van der Waals surface area contributed by atoms with Crippen molar-refractivity contribution in [2.75, 3.05) is 5.32 Å². The van der Waals surface area contributed by atoms with Gasteiger partial charge in [0, 0.05) is 38.8 Å². The number of nitrogens with one attached hydrogen (secondary N) is 1. The summed E-state index contributed by atoms with van der Waals surface area (Å²) in [7, 11) is 0. The van der Waals surface area contributed by atoms with Gasteiger partial charge in [-0.25, -0.2) is 0 Å². The van der Waals surface area contributed by atoms with Crippen LogP contribution in [0, 0.1) is 0 Å². The van der Waals surface area contributed by atoms with Crippen LogP contribution in [0.15, 0.2) is 83.5 Å². The Labute approximate surface area is 181 Å². The van der Waals surface area contributed by atoms with Crippen molar-refractivity contribution in [2.45, 2.75) is 6.54 Å². The van der Waals surface area contributed by atoms with Gasteiger partial charge in [0.1, 0.15) is 0 Å². The fourth-order valence-corrected chi connectivity index (χ4v) is 3.58. The second kappa shape index (κ2) is 8.23. The summed E-state index contributed by atoms with van der Waals surface area (Å²) in [5.74, 6) is -1.24. The van der Waals surface area contributed by atoms with Crippen LogP contribution in [0.1, 0.15) is 15.9 Å². The van der Waals surface area contributed by atoms with Crippen molar-refractivity contribution in [3.05, 3.63) is 99.6 Å². The van der Waals surface area contributed by atoms with Crippen LogP contribution in [-0.4, -0.2) is 16.3 Å². The number of halogens is 2. The van der Waals surface area contributed by atoms with Gasteiger partial charge in [-0.15, -0.1) is 0 Å². The van der Waals surface area contributed by atoms with Crippen molar-refractivity contribution >= 4 is 55.8 Å². The van der Waals surface area contributed by atoms with E-state index in [1.54, 1.807) is 30.5 Å². The van der Waals surface area contributed by atoms with E-state index in [1.807, 2.05) is 53.1 Å². The molecule has 4 rings (SSSR count). The fraction of sp³-hybridized carbons (Fsp3) is 0.0435. The van der Waals surface area contributed by atoms with Crippen molar-refractivity contribution in [3.8, 4) is 0 Å². The smallest absolute Gasteiger partial charge is 0.296 e. The largest absolute Gasteiger partial charge is 0.342 e. The van der Waals surface area contributed by atoms with Crippen LogP contribution in [0.2, 0.25) is 5.02 Å². The monoisotopic (exact) mass is 466 g/mol. The summed E-state index contributed by atoms with van der Waals surface area (Å²) in [6.45, 7) is 0.569. The van der Waals surface area contributed by atoms with Crippen molar-refractivity contribution in [1.82, 2.24) is 4.57 Å². The number of benzene rings is 3. The number of hydrogen-bond donors (Lipinski definition) is 1. The van der Waals surface area contributed by atoms with E-state index in [0.717, 1.165) is 20.9 Å². The van der Waals surface area contributed by atoms with Gasteiger partial charge in [-0.1, -0.05) is 57.9 Å². The number of amides is 1. The molecule has 144 valence electrons. The topological polar surface area (TPSA) is 51.1 Å². The minimum atomic E-state index is -0.665. The van der Waals surface area contributed by atoms with Crippen LogP contribution in [0.3, 0.4) is 0 Å². The maximum Gasteiger partial charge on any atom is 0.296 e. The normalized spacial score (nSPS) is 10.8. The van der Waals surface area contributed by atoms with Crippen LogP contribution in [0.5, 0.6) is 0 Å². The molecule has 0 aliphatic carbocycles. The number of para-hydroxylation sites is 1. The summed E-state index contributed by atoms with van der Waals surface area (Å²) in [6.07, 6.45) is 1.74. The van der Waals surface area contributed by atoms with Gasteiger partial charge < -0.3 is 9.88 Å². The van der Waals surface area contributed by atoms with Crippen LogP contribution in [0.25, 0.3) is 10.9 Å². The molecule has 4 aromatic rings. The highest BCUT2D eigenvalue weighted by atomic mass is 79.9. The number of rotatable bonds is 5. The lowest BCUT2D eigenvalue weighted by Gasteiger charge is -2.05. The molecule has 29 heavy (non-hydrogen) atoms. The van der Waals surface area contributed by atoms with Gasteiger partial charge in [-0.3, -0.25) is 9.59 Å². The van der Waals surface area contributed by atoms with E-state index in [2.05, 4.69) is 21.2 Å². The van der Waals surface area contributed by atoms with Crippen LogP contribution >= 0.6 is 27.5 Å². The number of ketones is 1. The molecule has 1 N–H and O–H groups in total. The molecule has 6 heteroatoms. The maximum absolute atomic E-state index is 12.9. The Hall–Kier alpha value is -2.89. The maximum atomic E-state index is 12.9. The van der Waals surface area contributed by atoms with E-state index in [0.29, 0.717) is 22.8 Å². The van der Waals surface area contributed by atoms with Crippen molar-refractivity contribution in [1.29, 1.82) is 0 Å². The standard InChI is InChI=1S/C23H16BrClN2O2/c24-16-7-11-18(12-8-16)26-23(29)22(28)20-14-27(21-4-2-1-3-19(20)21)13-15-5-9-17(25)10-6-15/h1-12,14H,13H2,(H,26,29). The van der Waals surface area contributed by atoms with Gasteiger partial charge in [0.25, 0.3) is 11.7 Å². The molecule has 0 unspecified atom stereocenters. The third kappa shape index (κ3) is 4.26. The van der Waals surface area contributed by atoms with Crippen molar-refractivity contribution in [2.24, 2.45) is 0 Å². The third-order valence-corrected chi connectivity index (χ3v) is 5.39. The molecular formula is C23H16BrClN2O2. The van der Waals surface area contributed by atoms with E-state index in [9.17, 15) is 9.59 Å². The van der Waals surface area contributed by atoms with Crippen LogP contribution in [-0.2, 0) is 11.3 Å². The number of nitrogens with zero attached hydrogens (tertiary/aromatic N) is 1. The Bertz CT molecular complexity index is 1200. The average Bonchev–Trinajstić information content (AvgIpc) is 3.09. The quantitative estimate of drug-likeness (QED) is 0.292. The number of hydrogen-bond acceptors (Lipinski definition) is 2. The van der Waals surface area contributed by atoms with Gasteiger partial charge in [-0.2, -0.15) is 0 Å². The molecule has 1 amide bonds. The molecule has 0 bridgehead atoms. The fourth-order valence-electron chi connectivity index (χ4n) is 3.19. The first-order valence-electron chi connectivity index (χ1n) is 8.95. The van der Waals surface area contributed by atoms with Crippen molar-refractivity contribution < 1.29 is 9.59 Å². The van der Waals surface area contributed by atoms with Crippen LogP contribution in [0.4, 0.5) is 5.69 Å². The van der Waals surface area contributed by atoms with Gasteiger partial charge >= 0.3 is 0 Å². The number of aromatic nitrogens is 1.